The summed E-state index contributed by atoms with van der Waals surface area (Å²) in [6.45, 7) is 6.25. The molecule has 3 aromatic rings. The smallest absolute Gasteiger partial charge is 0.257 e. The number of rotatable bonds is 6. The molecular weight excluding hydrogens is 474 g/mol. The number of anilines is 1. The molecule has 1 aliphatic rings. The second-order valence-corrected chi connectivity index (χ2v) is 11.4. The Morgan fingerprint density at radius 1 is 1.09 bits per heavy atom. The Balaban J connectivity index is 1.47. The molecule has 0 saturated carbocycles. The zero-order valence-electron chi connectivity index (χ0n) is 19.4. The van der Waals surface area contributed by atoms with E-state index in [1.807, 2.05) is 45.0 Å². The van der Waals surface area contributed by atoms with Crippen LogP contribution in [0.4, 0.5) is 5.13 Å². The molecule has 1 aliphatic heterocycles. The molecule has 2 unspecified atom stereocenters. The van der Waals surface area contributed by atoms with Crippen LogP contribution in [0.1, 0.15) is 29.1 Å². The number of carbonyl (C=O) groups is 1. The van der Waals surface area contributed by atoms with E-state index in [1.165, 1.54) is 39.9 Å². The molecule has 1 saturated heterocycles. The number of nitrogens with one attached hydrogen (secondary N) is 1. The van der Waals surface area contributed by atoms with Gasteiger partial charge in [-0.3, -0.25) is 10.1 Å². The fourth-order valence-electron chi connectivity index (χ4n) is 3.89. The van der Waals surface area contributed by atoms with Gasteiger partial charge >= 0.3 is 0 Å². The van der Waals surface area contributed by atoms with E-state index in [2.05, 4.69) is 10.3 Å². The van der Waals surface area contributed by atoms with Crippen LogP contribution in [0.5, 0.6) is 5.75 Å². The molecule has 34 heavy (non-hydrogen) atoms. The van der Waals surface area contributed by atoms with Crippen LogP contribution in [0.2, 0.25) is 0 Å². The molecule has 1 aromatic heterocycles. The number of nitrogens with zero attached hydrogens (tertiary/aromatic N) is 2. The predicted molar refractivity (Wildman–Crippen MR) is 132 cm³/mol. The fourth-order valence-corrected chi connectivity index (χ4v) is 6.31. The van der Waals surface area contributed by atoms with Gasteiger partial charge in [-0.2, -0.15) is 4.31 Å². The quantitative estimate of drug-likeness (QED) is 0.544. The van der Waals surface area contributed by atoms with Gasteiger partial charge in [-0.1, -0.05) is 0 Å². The van der Waals surface area contributed by atoms with Gasteiger partial charge < -0.3 is 9.47 Å². The first-order valence-electron chi connectivity index (χ1n) is 10.9. The molecule has 0 bridgehead atoms. The Morgan fingerprint density at radius 2 is 1.71 bits per heavy atom. The summed E-state index contributed by atoms with van der Waals surface area (Å²) in [5.74, 6) is 0.404. The van der Waals surface area contributed by atoms with Crippen molar-refractivity contribution in [1.82, 2.24) is 9.29 Å². The van der Waals surface area contributed by atoms with Crippen LogP contribution in [0.3, 0.4) is 0 Å². The highest BCUT2D eigenvalue weighted by atomic mass is 32.2. The Morgan fingerprint density at radius 3 is 2.29 bits per heavy atom. The summed E-state index contributed by atoms with van der Waals surface area (Å²) >= 11 is 1.38. The highest BCUT2D eigenvalue weighted by Crippen LogP contribution is 2.31. The molecule has 1 fully saturated rings. The van der Waals surface area contributed by atoms with Gasteiger partial charge in [0.2, 0.25) is 10.0 Å². The van der Waals surface area contributed by atoms with Crippen molar-refractivity contribution in [2.24, 2.45) is 0 Å². The molecule has 0 radical (unpaired) electrons. The van der Waals surface area contributed by atoms with E-state index in [0.717, 1.165) is 21.9 Å². The molecule has 10 heteroatoms. The minimum Gasteiger partial charge on any atom is -0.497 e. The summed E-state index contributed by atoms with van der Waals surface area (Å²) in [5.41, 5.74) is 2.07. The number of amides is 1. The molecule has 8 nitrogen and oxygen atoms in total. The Bertz CT molecular complexity index is 1260. The van der Waals surface area contributed by atoms with Crippen molar-refractivity contribution < 1.29 is 22.7 Å². The first-order valence-corrected chi connectivity index (χ1v) is 13.1. The van der Waals surface area contributed by atoms with Crippen molar-refractivity contribution in [3.05, 3.63) is 59.0 Å². The van der Waals surface area contributed by atoms with Crippen LogP contribution in [0.15, 0.2) is 53.4 Å². The van der Waals surface area contributed by atoms with Crippen molar-refractivity contribution in [2.75, 3.05) is 25.5 Å². The third-order valence-corrected chi connectivity index (χ3v) is 8.25. The topological polar surface area (TPSA) is 97.8 Å². The van der Waals surface area contributed by atoms with Crippen molar-refractivity contribution >= 4 is 32.4 Å². The van der Waals surface area contributed by atoms with Crippen molar-refractivity contribution in [3.8, 4) is 17.0 Å². The zero-order valence-corrected chi connectivity index (χ0v) is 21.1. The number of thiazole rings is 1. The number of aryl methyl sites for hydroxylation is 1. The van der Waals surface area contributed by atoms with Crippen LogP contribution in [0.25, 0.3) is 11.3 Å². The lowest BCUT2D eigenvalue weighted by Crippen LogP contribution is -2.48. The van der Waals surface area contributed by atoms with Crippen LogP contribution >= 0.6 is 11.3 Å². The van der Waals surface area contributed by atoms with E-state index in [0.29, 0.717) is 23.8 Å². The molecule has 2 atom stereocenters. The number of ether oxygens (including phenoxy) is 2. The van der Waals surface area contributed by atoms with Crippen LogP contribution in [-0.2, 0) is 14.8 Å². The third-order valence-electron chi connectivity index (χ3n) is 5.52. The zero-order chi connectivity index (χ0) is 24.5. The predicted octanol–water partition coefficient (Wildman–Crippen LogP) is 4.18. The monoisotopic (exact) mass is 501 g/mol. The average molecular weight is 502 g/mol. The van der Waals surface area contributed by atoms with Crippen molar-refractivity contribution in [2.45, 2.75) is 37.9 Å². The highest BCUT2D eigenvalue weighted by Gasteiger charge is 2.32. The van der Waals surface area contributed by atoms with Crippen LogP contribution in [0, 0.1) is 6.92 Å². The summed E-state index contributed by atoms with van der Waals surface area (Å²) in [4.78, 5) is 18.4. The first kappa shape index (κ1) is 24.3. The molecule has 1 amide bonds. The standard InChI is InChI=1S/C24H27N3O5S2/c1-15-13-27(14-16(2)32-15)34(29,30)21-11-7-19(8-12-21)23(28)26-24-25-22(17(3)33-24)18-5-9-20(31-4)10-6-18/h5-12,15-16H,13-14H2,1-4H3,(H,25,26,28). The lowest BCUT2D eigenvalue weighted by atomic mass is 10.1. The lowest BCUT2D eigenvalue weighted by molar-refractivity contribution is -0.0440. The molecule has 180 valence electrons. The number of hydrogen-bond donors (Lipinski definition) is 1. The molecule has 2 heterocycles. The van der Waals surface area contributed by atoms with Crippen LogP contribution in [-0.4, -0.2) is 56.0 Å². The SMILES string of the molecule is COc1ccc(-c2nc(NC(=O)c3ccc(S(=O)(=O)N4CC(C)OC(C)C4)cc3)sc2C)cc1. The molecule has 0 aliphatic carbocycles. The normalized spacial score (nSPS) is 19.1. The Labute approximate surface area is 203 Å². The highest BCUT2D eigenvalue weighted by molar-refractivity contribution is 7.89. The van der Waals surface area contributed by atoms with E-state index >= 15 is 0 Å². The number of carbonyl (C=O) groups excluding carboxylic acids is 1. The lowest BCUT2D eigenvalue weighted by Gasteiger charge is -2.34. The fraction of sp³-hybridized carbons (Fsp3) is 0.333. The Kier molecular flexibility index (Phi) is 7.04. The molecule has 0 spiro atoms. The van der Waals surface area contributed by atoms with Crippen molar-refractivity contribution in [1.29, 1.82) is 0 Å². The molecule has 1 N–H and O–H groups in total. The number of sulfonamides is 1. The maximum Gasteiger partial charge on any atom is 0.257 e. The minimum atomic E-state index is -3.66. The van der Waals surface area contributed by atoms with Gasteiger partial charge in [-0.25, -0.2) is 13.4 Å². The van der Waals surface area contributed by atoms with E-state index in [-0.39, 0.29) is 23.0 Å². The third kappa shape index (κ3) is 5.15. The van der Waals surface area contributed by atoms with E-state index in [4.69, 9.17) is 9.47 Å². The number of methoxy groups -OCH3 is 1. The van der Waals surface area contributed by atoms with Gasteiger partial charge in [0.05, 0.1) is 29.9 Å². The Hall–Kier alpha value is -2.79. The van der Waals surface area contributed by atoms with Crippen LogP contribution < -0.4 is 10.1 Å². The van der Waals surface area contributed by atoms with Crippen molar-refractivity contribution in [3.63, 3.8) is 0 Å². The van der Waals surface area contributed by atoms with Gasteiger partial charge in [-0.15, -0.1) is 11.3 Å². The van der Waals surface area contributed by atoms with Gasteiger partial charge in [0.1, 0.15) is 5.75 Å². The second kappa shape index (κ2) is 9.83. The summed E-state index contributed by atoms with van der Waals surface area (Å²) in [7, 11) is -2.05. The molecule has 2 aromatic carbocycles. The number of aromatic nitrogens is 1. The van der Waals surface area contributed by atoms with Gasteiger partial charge in [0.25, 0.3) is 5.91 Å². The van der Waals surface area contributed by atoms with Gasteiger partial charge in [0, 0.05) is 29.1 Å². The summed E-state index contributed by atoms with van der Waals surface area (Å²) in [6, 6.07) is 13.5. The number of hydrogen-bond acceptors (Lipinski definition) is 7. The second-order valence-electron chi connectivity index (χ2n) is 8.21. The summed E-state index contributed by atoms with van der Waals surface area (Å²) in [5, 5.41) is 3.29. The molecule has 4 rings (SSSR count). The largest absolute Gasteiger partial charge is 0.497 e. The van der Waals surface area contributed by atoms with Gasteiger partial charge in [0.15, 0.2) is 5.13 Å². The maximum absolute atomic E-state index is 13.0. The van der Waals surface area contributed by atoms with E-state index in [1.54, 1.807) is 7.11 Å². The summed E-state index contributed by atoms with van der Waals surface area (Å²) < 4.78 is 38.3. The summed E-state index contributed by atoms with van der Waals surface area (Å²) in [6.07, 6.45) is -0.346. The van der Waals surface area contributed by atoms with Gasteiger partial charge in [-0.05, 0) is 69.3 Å². The van der Waals surface area contributed by atoms with E-state index < -0.39 is 10.0 Å². The van der Waals surface area contributed by atoms with E-state index in [9.17, 15) is 13.2 Å². The molecular formula is C24H27N3O5S2. The number of benzene rings is 2. The maximum atomic E-state index is 13.0. The average Bonchev–Trinajstić information content (AvgIpc) is 3.18. The minimum absolute atomic E-state index is 0.150. The first-order chi connectivity index (χ1) is 16.2. The number of morpholine rings is 1.